The topological polar surface area (TPSA) is 73.2 Å². The minimum atomic E-state index is -4.82. The molecule has 0 aliphatic rings. The first kappa shape index (κ1) is 18.5. The van der Waals surface area contributed by atoms with Crippen molar-refractivity contribution in [2.45, 2.75) is 32.8 Å². The van der Waals surface area contributed by atoms with E-state index in [9.17, 15) is 22.8 Å². The van der Waals surface area contributed by atoms with Gasteiger partial charge in [0.25, 0.3) is 11.5 Å². The summed E-state index contributed by atoms with van der Waals surface area (Å²) >= 11 is 0. The van der Waals surface area contributed by atoms with Crippen LogP contribution in [0.5, 0.6) is 5.75 Å². The Bertz CT molecular complexity index is 803. The molecule has 0 aliphatic heterocycles. The van der Waals surface area contributed by atoms with Crippen LogP contribution in [-0.4, -0.2) is 22.1 Å². The molecule has 1 heterocycles. The van der Waals surface area contributed by atoms with Crippen LogP contribution in [0.15, 0.2) is 41.2 Å². The van der Waals surface area contributed by atoms with E-state index in [0.29, 0.717) is 13.0 Å². The van der Waals surface area contributed by atoms with Crippen molar-refractivity contribution in [3.8, 4) is 5.75 Å². The number of carbonyl (C=O) groups excluding carboxylic acids is 1. The number of nitrogens with zero attached hydrogens (tertiary/aromatic N) is 2. The second-order valence-electron chi connectivity index (χ2n) is 5.12. The molecule has 0 saturated carbocycles. The molecule has 9 heteroatoms. The highest BCUT2D eigenvalue weighted by Crippen LogP contribution is 2.26. The standard InChI is InChI=1S/C16H16F3N3O3/c1-2-9-22-14(23)8-7-12(21-22)15(24)20-10-11-5-3-4-6-13(11)25-16(17,18)19/h3-8H,2,9-10H2,1H3,(H,20,24). The van der Waals surface area contributed by atoms with Gasteiger partial charge in [-0.3, -0.25) is 9.59 Å². The number of aromatic nitrogens is 2. The summed E-state index contributed by atoms with van der Waals surface area (Å²) in [6, 6.07) is 7.99. The molecule has 0 aliphatic carbocycles. The van der Waals surface area contributed by atoms with Gasteiger partial charge in [0.05, 0.1) is 0 Å². The number of amides is 1. The van der Waals surface area contributed by atoms with Crippen molar-refractivity contribution < 1.29 is 22.7 Å². The van der Waals surface area contributed by atoms with Crippen molar-refractivity contribution >= 4 is 5.91 Å². The van der Waals surface area contributed by atoms with Gasteiger partial charge < -0.3 is 10.1 Å². The molecule has 1 aromatic heterocycles. The van der Waals surface area contributed by atoms with Gasteiger partial charge in [0.1, 0.15) is 11.4 Å². The third-order valence-corrected chi connectivity index (χ3v) is 3.17. The number of para-hydroxylation sites is 1. The Balaban J connectivity index is 2.10. The Morgan fingerprint density at radius 3 is 2.64 bits per heavy atom. The van der Waals surface area contributed by atoms with Crippen LogP contribution >= 0.6 is 0 Å². The average molecular weight is 355 g/mol. The van der Waals surface area contributed by atoms with Crippen molar-refractivity contribution in [2.24, 2.45) is 0 Å². The summed E-state index contributed by atoms with van der Waals surface area (Å²) in [6.07, 6.45) is -4.16. The Morgan fingerprint density at radius 2 is 1.96 bits per heavy atom. The lowest BCUT2D eigenvalue weighted by Crippen LogP contribution is -2.29. The van der Waals surface area contributed by atoms with Crippen molar-refractivity contribution in [3.63, 3.8) is 0 Å². The summed E-state index contributed by atoms with van der Waals surface area (Å²) in [6.45, 7) is 2.04. The lowest BCUT2D eigenvalue weighted by Gasteiger charge is -2.13. The highest BCUT2D eigenvalue weighted by molar-refractivity contribution is 5.91. The minimum absolute atomic E-state index is 0.00210. The summed E-state index contributed by atoms with van der Waals surface area (Å²) in [5, 5.41) is 6.40. The number of rotatable bonds is 6. The van der Waals surface area contributed by atoms with Gasteiger partial charge in [-0.25, -0.2) is 4.68 Å². The molecule has 0 unspecified atom stereocenters. The molecule has 0 atom stereocenters. The van der Waals surface area contributed by atoms with Crippen molar-refractivity contribution in [2.75, 3.05) is 0 Å². The van der Waals surface area contributed by atoms with E-state index >= 15 is 0 Å². The largest absolute Gasteiger partial charge is 0.573 e. The number of halogens is 3. The Hall–Kier alpha value is -2.84. The summed E-state index contributed by atoms with van der Waals surface area (Å²) < 4.78 is 42.3. The molecule has 0 fully saturated rings. The van der Waals surface area contributed by atoms with Gasteiger partial charge in [0.2, 0.25) is 0 Å². The number of ether oxygens (including phenoxy) is 1. The number of alkyl halides is 3. The van der Waals surface area contributed by atoms with Crippen LogP contribution in [0.4, 0.5) is 13.2 Å². The molecule has 0 spiro atoms. The number of hydrogen-bond acceptors (Lipinski definition) is 4. The fraction of sp³-hybridized carbons (Fsp3) is 0.312. The van der Waals surface area contributed by atoms with E-state index in [2.05, 4.69) is 15.2 Å². The Kier molecular flexibility index (Phi) is 5.79. The number of hydrogen-bond donors (Lipinski definition) is 1. The second kappa shape index (κ2) is 7.82. The quantitative estimate of drug-likeness (QED) is 0.864. The first-order valence-corrected chi connectivity index (χ1v) is 7.50. The van der Waals surface area contributed by atoms with Crippen LogP contribution in [0.1, 0.15) is 29.4 Å². The number of carbonyl (C=O) groups is 1. The van der Waals surface area contributed by atoms with Crippen LogP contribution in [0.2, 0.25) is 0 Å². The normalized spacial score (nSPS) is 11.2. The van der Waals surface area contributed by atoms with E-state index in [1.54, 1.807) is 0 Å². The first-order valence-electron chi connectivity index (χ1n) is 7.50. The smallest absolute Gasteiger partial charge is 0.405 e. The maximum absolute atomic E-state index is 12.4. The van der Waals surface area contributed by atoms with Gasteiger partial charge in [-0.2, -0.15) is 5.10 Å². The maximum atomic E-state index is 12.4. The molecule has 2 rings (SSSR count). The third-order valence-electron chi connectivity index (χ3n) is 3.17. The molecule has 134 valence electrons. The summed E-state index contributed by atoms with van der Waals surface area (Å²) in [5.74, 6) is -0.995. The monoisotopic (exact) mass is 355 g/mol. The second-order valence-corrected chi connectivity index (χ2v) is 5.12. The molecule has 0 saturated heterocycles. The van der Waals surface area contributed by atoms with E-state index in [1.807, 2.05) is 6.92 Å². The van der Waals surface area contributed by atoms with Crippen LogP contribution in [0.25, 0.3) is 0 Å². The van der Waals surface area contributed by atoms with Crippen molar-refractivity contribution in [3.05, 3.63) is 58.0 Å². The molecular weight excluding hydrogens is 339 g/mol. The third kappa shape index (κ3) is 5.33. The van der Waals surface area contributed by atoms with E-state index in [1.165, 1.54) is 30.3 Å². The lowest BCUT2D eigenvalue weighted by molar-refractivity contribution is -0.274. The number of nitrogens with one attached hydrogen (secondary N) is 1. The van der Waals surface area contributed by atoms with Crippen LogP contribution in [0.3, 0.4) is 0 Å². The zero-order valence-electron chi connectivity index (χ0n) is 13.3. The average Bonchev–Trinajstić information content (AvgIpc) is 2.54. The zero-order chi connectivity index (χ0) is 18.4. The van der Waals surface area contributed by atoms with Gasteiger partial charge in [0.15, 0.2) is 0 Å². The molecule has 2 aromatic rings. The predicted octanol–water partition coefficient (Wildman–Crippen LogP) is 2.48. The van der Waals surface area contributed by atoms with E-state index < -0.39 is 12.3 Å². The van der Waals surface area contributed by atoms with Crippen molar-refractivity contribution in [1.82, 2.24) is 15.1 Å². The van der Waals surface area contributed by atoms with Crippen LogP contribution in [-0.2, 0) is 13.1 Å². The zero-order valence-corrected chi connectivity index (χ0v) is 13.3. The summed E-state index contributed by atoms with van der Waals surface area (Å²) in [5.41, 5.74) is -0.167. The molecule has 1 aromatic carbocycles. The van der Waals surface area contributed by atoms with E-state index in [4.69, 9.17) is 0 Å². The molecule has 6 nitrogen and oxygen atoms in total. The van der Waals surface area contributed by atoms with Gasteiger partial charge in [0, 0.05) is 24.7 Å². The highest BCUT2D eigenvalue weighted by atomic mass is 19.4. The molecular formula is C16H16F3N3O3. The Labute approximate surface area is 141 Å². The van der Waals surface area contributed by atoms with Crippen molar-refractivity contribution in [1.29, 1.82) is 0 Å². The van der Waals surface area contributed by atoms with E-state index in [0.717, 1.165) is 10.7 Å². The van der Waals surface area contributed by atoms with Gasteiger partial charge in [-0.1, -0.05) is 25.1 Å². The summed E-state index contributed by atoms with van der Waals surface area (Å²) in [4.78, 5) is 23.7. The molecule has 1 amide bonds. The highest BCUT2D eigenvalue weighted by Gasteiger charge is 2.32. The maximum Gasteiger partial charge on any atom is 0.573 e. The van der Waals surface area contributed by atoms with Crippen LogP contribution in [0, 0.1) is 0 Å². The molecule has 1 N–H and O–H groups in total. The lowest BCUT2D eigenvalue weighted by atomic mass is 10.2. The molecule has 25 heavy (non-hydrogen) atoms. The Morgan fingerprint density at radius 1 is 1.24 bits per heavy atom. The minimum Gasteiger partial charge on any atom is -0.405 e. The fourth-order valence-electron chi connectivity index (χ4n) is 2.08. The predicted molar refractivity (Wildman–Crippen MR) is 83.1 cm³/mol. The van der Waals surface area contributed by atoms with Gasteiger partial charge in [-0.15, -0.1) is 13.2 Å². The van der Waals surface area contributed by atoms with Crippen LogP contribution < -0.4 is 15.6 Å². The SMILES string of the molecule is CCCn1nc(C(=O)NCc2ccccc2OC(F)(F)F)ccc1=O. The molecule has 0 bridgehead atoms. The van der Waals surface area contributed by atoms with Gasteiger partial charge in [-0.05, 0) is 18.6 Å². The van der Waals surface area contributed by atoms with E-state index in [-0.39, 0.29) is 29.1 Å². The number of aryl methyl sites for hydroxylation is 1. The molecule has 0 radical (unpaired) electrons. The van der Waals surface area contributed by atoms with Gasteiger partial charge >= 0.3 is 6.36 Å². The summed E-state index contributed by atoms with van der Waals surface area (Å²) in [7, 11) is 0. The fourth-order valence-corrected chi connectivity index (χ4v) is 2.08. The number of benzene rings is 1. The first-order chi connectivity index (χ1) is 11.8.